The van der Waals surface area contributed by atoms with Crippen LogP contribution < -0.4 is 0 Å². The first-order chi connectivity index (χ1) is 13.7. The first-order valence-corrected chi connectivity index (χ1v) is 12.3. The summed E-state index contributed by atoms with van der Waals surface area (Å²) in [5.74, 6) is 3.06. The topological polar surface area (TPSA) is 12.4 Å². The molecule has 148 valence electrons. The minimum atomic E-state index is 0.856. The van der Waals surface area contributed by atoms with Crippen molar-refractivity contribution in [2.45, 2.75) is 51.7 Å². The molecular formula is C25H31NS2. The first kappa shape index (κ1) is 21.3. The van der Waals surface area contributed by atoms with Crippen LogP contribution in [0, 0.1) is 19.8 Å². The molecule has 3 heteroatoms. The normalized spacial score (nSPS) is 16.0. The average Bonchev–Trinajstić information content (AvgIpc) is 2.72. The Morgan fingerprint density at radius 2 is 1.75 bits per heavy atom. The average molecular weight is 410 g/mol. The lowest BCUT2D eigenvalue weighted by Crippen LogP contribution is -2.09. The highest BCUT2D eigenvalue weighted by Gasteiger charge is 2.14. The zero-order valence-electron chi connectivity index (χ0n) is 17.1. The Morgan fingerprint density at radius 3 is 2.50 bits per heavy atom. The van der Waals surface area contributed by atoms with Gasteiger partial charge in [0.15, 0.2) is 0 Å². The Labute approximate surface area is 179 Å². The fourth-order valence-corrected chi connectivity index (χ4v) is 5.42. The number of hydrogen-bond acceptors (Lipinski definition) is 3. The third kappa shape index (κ3) is 7.18. The molecule has 1 fully saturated rings. The van der Waals surface area contributed by atoms with Crippen LogP contribution in [0.2, 0.25) is 0 Å². The van der Waals surface area contributed by atoms with Crippen molar-refractivity contribution in [3.8, 4) is 0 Å². The highest BCUT2D eigenvalue weighted by Crippen LogP contribution is 2.28. The summed E-state index contributed by atoms with van der Waals surface area (Å²) in [4.78, 5) is 4.93. The SMILES string of the molecule is Cc1ccc(N=C(C=CSCc2ccccc2C)SCC2CCCCC2)cc1. The van der Waals surface area contributed by atoms with Crippen molar-refractivity contribution in [3.63, 3.8) is 0 Å². The third-order valence-electron chi connectivity index (χ3n) is 5.27. The van der Waals surface area contributed by atoms with Crippen molar-refractivity contribution >= 4 is 34.3 Å². The second-order valence-corrected chi connectivity index (χ2v) is 9.58. The van der Waals surface area contributed by atoms with Gasteiger partial charge in [0.25, 0.3) is 0 Å². The van der Waals surface area contributed by atoms with E-state index in [2.05, 4.69) is 73.9 Å². The number of hydrogen-bond donors (Lipinski definition) is 0. The van der Waals surface area contributed by atoms with Gasteiger partial charge in [0, 0.05) is 11.5 Å². The molecule has 0 aromatic heterocycles. The van der Waals surface area contributed by atoms with E-state index in [0.717, 1.165) is 22.4 Å². The minimum absolute atomic E-state index is 0.856. The number of aliphatic imine (C=N–C) groups is 1. The molecule has 1 aliphatic rings. The van der Waals surface area contributed by atoms with E-state index < -0.39 is 0 Å². The predicted octanol–water partition coefficient (Wildman–Crippen LogP) is 8.09. The number of benzene rings is 2. The second-order valence-electron chi connectivity index (χ2n) is 7.64. The van der Waals surface area contributed by atoms with E-state index in [4.69, 9.17) is 4.99 Å². The molecule has 2 aromatic carbocycles. The van der Waals surface area contributed by atoms with Crippen molar-refractivity contribution in [2.75, 3.05) is 5.75 Å². The third-order valence-corrected chi connectivity index (χ3v) is 7.24. The van der Waals surface area contributed by atoms with Crippen LogP contribution in [0.3, 0.4) is 0 Å². The molecule has 0 radical (unpaired) electrons. The van der Waals surface area contributed by atoms with E-state index in [1.54, 1.807) is 0 Å². The molecule has 2 aromatic rings. The van der Waals surface area contributed by atoms with Crippen LogP contribution >= 0.6 is 23.5 Å². The van der Waals surface area contributed by atoms with Crippen LogP contribution in [-0.2, 0) is 5.75 Å². The molecule has 0 unspecified atom stereocenters. The van der Waals surface area contributed by atoms with Gasteiger partial charge >= 0.3 is 0 Å². The monoisotopic (exact) mass is 409 g/mol. The summed E-state index contributed by atoms with van der Waals surface area (Å²) < 4.78 is 0. The molecule has 0 saturated heterocycles. The molecule has 28 heavy (non-hydrogen) atoms. The van der Waals surface area contributed by atoms with Crippen LogP contribution in [0.4, 0.5) is 5.69 Å². The van der Waals surface area contributed by atoms with Gasteiger partial charge in [-0.05, 0) is 67.4 Å². The van der Waals surface area contributed by atoms with E-state index in [0.29, 0.717) is 0 Å². The summed E-state index contributed by atoms with van der Waals surface area (Å²) in [7, 11) is 0. The van der Waals surface area contributed by atoms with Crippen LogP contribution in [-0.4, -0.2) is 10.8 Å². The number of aryl methyl sites for hydroxylation is 2. The zero-order valence-corrected chi connectivity index (χ0v) is 18.7. The van der Waals surface area contributed by atoms with Crippen molar-refractivity contribution in [1.82, 2.24) is 0 Å². The molecule has 1 aliphatic carbocycles. The van der Waals surface area contributed by atoms with Crippen molar-refractivity contribution in [1.29, 1.82) is 0 Å². The molecule has 0 heterocycles. The van der Waals surface area contributed by atoms with Gasteiger partial charge in [0.05, 0.1) is 10.7 Å². The molecule has 0 aliphatic heterocycles. The van der Waals surface area contributed by atoms with Crippen LogP contribution in [0.15, 0.2) is 65.0 Å². The van der Waals surface area contributed by atoms with Gasteiger partial charge in [-0.1, -0.05) is 61.2 Å². The molecule has 3 rings (SSSR count). The van der Waals surface area contributed by atoms with Crippen LogP contribution in [0.25, 0.3) is 0 Å². The van der Waals surface area contributed by atoms with Gasteiger partial charge in [-0.2, -0.15) is 0 Å². The lowest BCUT2D eigenvalue weighted by molar-refractivity contribution is 0.391. The van der Waals surface area contributed by atoms with Gasteiger partial charge in [0.2, 0.25) is 0 Å². The molecule has 0 spiro atoms. The van der Waals surface area contributed by atoms with E-state index in [-0.39, 0.29) is 0 Å². The molecule has 0 N–H and O–H groups in total. The first-order valence-electron chi connectivity index (χ1n) is 10.3. The number of nitrogens with zero attached hydrogens (tertiary/aromatic N) is 1. The largest absolute Gasteiger partial charge is 0.242 e. The van der Waals surface area contributed by atoms with Crippen molar-refractivity contribution in [3.05, 3.63) is 76.7 Å². The summed E-state index contributed by atoms with van der Waals surface area (Å²) in [6.45, 7) is 4.30. The number of rotatable bonds is 7. The summed E-state index contributed by atoms with van der Waals surface area (Å²) in [5, 5.41) is 3.35. The molecule has 1 nitrogen and oxygen atoms in total. The number of thioether (sulfide) groups is 2. The minimum Gasteiger partial charge on any atom is -0.242 e. The summed E-state index contributed by atoms with van der Waals surface area (Å²) in [6.07, 6.45) is 9.19. The molecule has 0 atom stereocenters. The summed E-state index contributed by atoms with van der Waals surface area (Å²) in [6, 6.07) is 17.1. The Kier molecular flexibility index (Phi) is 8.75. The Hall–Kier alpha value is -1.45. The quantitative estimate of drug-likeness (QED) is 0.338. The smallest absolute Gasteiger partial charge is 0.0972 e. The Bertz CT molecular complexity index is 786. The highest BCUT2D eigenvalue weighted by molar-refractivity contribution is 8.14. The molecule has 0 bridgehead atoms. The lowest BCUT2D eigenvalue weighted by Gasteiger charge is -2.20. The van der Waals surface area contributed by atoms with E-state index in [1.807, 2.05) is 23.5 Å². The predicted molar refractivity (Wildman–Crippen MR) is 129 cm³/mol. The fraction of sp³-hybridized carbons (Fsp3) is 0.400. The molecule has 1 saturated carbocycles. The van der Waals surface area contributed by atoms with Gasteiger partial charge < -0.3 is 0 Å². The van der Waals surface area contributed by atoms with Gasteiger partial charge in [-0.25, -0.2) is 4.99 Å². The maximum Gasteiger partial charge on any atom is 0.0972 e. The van der Waals surface area contributed by atoms with Crippen molar-refractivity contribution < 1.29 is 0 Å². The second kappa shape index (κ2) is 11.5. The maximum atomic E-state index is 4.93. The van der Waals surface area contributed by atoms with Crippen LogP contribution in [0.1, 0.15) is 48.8 Å². The highest BCUT2D eigenvalue weighted by atomic mass is 32.2. The Morgan fingerprint density at radius 1 is 1.00 bits per heavy atom. The van der Waals surface area contributed by atoms with E-state index in [1.165, 1.54) is 54.5 Å². The van der Waals surface area contributed by atoms with E-state index >= 15 is 0 Å². The molecule has 0 amide bonds. The standard InChI is InChI=1S/C25H31NS2/c1-20-12-14-24(15-13-20)26-25(28-18-22-9-4-3-5-10-22)16-17-27-19-23-11-7-6-8-21(23)2/h6-8,11-17,22H,3-5,9-10,18-19H2,1-2H3. The zero-order chi connectivity index (χ0) is 19.6. The van der Waals surface area contributed by atoms with Crippen LogP contribution in [0.5, 0.6) is 0 Å². The maximum absolute atomic E-state index is 4.93. The summed E-state index contributed by atoms with van der Waals surface area (Å²) in [5.41, 5.74) is 5.10. The van der Waals surface area contributed by atoms with Crippen molar-refractivity contribution in [2.24, 2.45) is 10.9 Å². The van der Waals surface area contributed by atoms with Gasteiger partial charge in [-0.15, -0.1) is 23.5 Å². The molecular weight excluding hydrogens is 378 g/mol. The van der Waals surface area contributed by atoms with Gasteiger partial charge in [0.1, 0.15) is 0 Å². The lowest BCUT2D eigenvalue weighted by atomic mass is 9.91. The fourth-order valence-electron chi connectivity index (χ4n) is 3.44. The van der Waals surface area contributed by atoms with E-state index in [9.17, 15) is 0 Å². The Balaban J connectivity index is 1.62. The summed E-state index contributed by atoms with van der Waals surface area (Å²) >= 11 is 3.77. The van der Waals surface area contributed by atoms with Gasteiger partial charge in [-0.3, -0.25) is 0 Å².